The normalized spacial score (nSPS) is 13.8. The average molecular weight is 1480 g/mol. The molecule has 0 aromatic heterocycles. The first-order valence-electron chi connectivity index (χ1n) is 42.6. The van der Waals surface area contributed by atoms with Crippen molar-refractivity contribution in [1.82, 2.24) is 0 Å². The molecule has 0 aliphatic rings. The van der Waals surface area contributed by atoms with Gasteiger partial charge in [0, 0.05) is 25.7 Å². The number of aliphatic hydroxyl groups is 1. The maximum absolute atomic E-state index is 13.1. The molecule has 101 heavy (non-hydrogen) atoms. The number of aliphatic hydroxyl groups excluding tert-OH is 1. The highest BCUT2D eigenvalue weighted by Gasteiger charge is 2.30. The number of hydrogen-bond acceptors (Lipinski definition) is 15. The van der Waals surface area contributed by atoms with Crippen molar-refractivity contribution < 1.29 is 80.2 Å². The molecule has 0 amide bonds. The molecule has 0 saturated heterocycles. The number of phosphoric acid groups is 2. The van der Waals surface area contributed by atoms with Gasteiger partial charge in [-0.2, -0.15) is 0 Å². The fraction of sp³-hybridized carbons (Fsp3) is 0.951. The Labute approximate surface area is 619 Å². The fourth-order valence-electron chi connectivity index (χ4n) is 12.8. The third kappa shape index (κ3) is 76.1. The lowest BCUT2D eigenvalue weighted by Gasteiger charge is -2.21. The lowest BCUT2D eigenvalue weighted by atomic mass is 10.0. The molecule has 3 N–H and O–H groups in total. The van der Waals surface area contributed by atoms with E-state index in [2.05, 4.69) is 34.6 Å². The SMILES string of the molecule is CCCCCCCCCCCCCCCCCCCCCC(=O)OC[C@H](COP(=O)(O)OC[C@@H](O)COP(=O)(O)OC[C@@H](COC(=O)CCCCCCCCC)OC(=O)CCCCCCCCCCCCCCCCCC)OC(=O)CCCCCCCCCCCCCCCCCCC(C)C. The first-order chi connectivity index (χ1) is 49.0. The van der Waals surface area contributed by atoms with Crippen LogP contribution in [0.4, 0.5) is 0 Å². The number of esters is 4. The van der Waals surface area contributed by atoms with E-state index in [1.807, 2.05) is 0 Å². The van der Waals surface area contributed by atoms with E-state index in [4.69, 9.17) is 37.0 Å². The number of unbranched alkanes of at least 4 members (excludes halogenated alkanes) is 54. The van der Waals surface area contributed by atoms with Crippen molar-refractivity contribution in [3.8, 4) is 0 Å². The summed E-state index contributed by atoms with van der Waals surface area (Å²) in [4.78, 5) is 72.9. The van der Waals surface area contributed by atoms with Gasteiger partial charge in [-0.05, 0) is 31.6 Å². The van der Waals surface area contributed by atoms with E-state index < -0.39 is 97.5 Å². The van der Waals surface area contributed by atoms with Gasteiger partial charge >= 0.3 is 39.5 Å². The maximum Gasteiger partial charge on any atom is 0.472 e. The van der Waals surface area contributed by atoms with Crippen molar-refractivity contribution in [3.63, 3.8) is 0 Å². The molecular formula is C82H160O17P2. The molecule has 0 saturated carbocycles. The maximum atomic E-state index is 13.1. The average Bonchev–Trinajstić information content (AvgIpc) is 0.951. The molecule has 600 valence electrons. The zero-order chi connectivity index (χ0) is 74.1. The highest BCUT2D eigenvalue weighted by molar-refractivity contribution is 7.47. The molecule has 0 rings (SSSR count). The predicted molar refractivity (Wildman–Crippen MR) is 414 cm³/mol. The topological polar surface area (TPSA) is 237 Å². The minimum Gasteiger partial charge on any atom is -0.462 e. The van der Waals surface area contributed by atoms with Crippen molar-refractivity contribution in [2.24, 2.45) is 5.92 Å². The smallest absolute Gasteiger partial charge is 0.462 e. The molecule has 0 aliphatic carbocycles. The Kier molecular flexibility index (Phi) is 73.5. The van der Waals surface area contributed by atoms with Crippen LogP contribution >= 0.6 is 15.6 Å². The van der Waals surface area contributed by atoms with E-state index in [-0.39, 0.29) is 25.7 Å². The van der Waals surface area contributed by atoms with Gasteiger partial charge in [0.15, 0.2) is 12.2 Å². The Balaban J connectivity index is 5.17. The summed E-state index contributed by atoms with van der Waals surface area (Å²) >= 11 is 0. The van der Waals surface area contributed by atoms with Crippen LogP contribution in [-0.2, 0) is 65.4 Å². The minimum absolute atomic E-state index is 0.108. The third-order valence-electron chi connectivity index (χ3n) is 19.3. The Morgan fingerprint density at radius 3 is 0.673 bits per heavy atom. The molecule has 0 aliphatic heterocycles. The molecular weight excluding hydrogens is 1320 g/mol. The summed E-state index contributed by atoms with van der Waals surface area (Å²) < 4.78 is 68.6. The summed E-state index contributed by atoms with van der Waals surface area (Å²) in [6.45, 7) is 7.33. The van der Waals surface area contributed by atoms with Gasteiger partial charge in [-0.25, -0.2) is 9.13 Å². The largest absolute Gasteiger partial charge is 0.472 e. The van der Waals surface area contributed by atoms with Crippen LogP contribution in [0, 0.1) is 5.92 Å². The highest BCUT2D eigenvalue weighted by atomic mass is 31.2. The summed E-state index contributed by atoms with van der Waals surface area (Å²) in [5.74, 6) is -1.30. The number of hydrogen-bond donors (Lipinski definition) is 3. The second-order valence-electron chi connectivity index (χ2n) is 30.0. The standard InChI is InChI=1S/C82H160O17P2/c1-6-9-12-15-18-20-22-24-26-28-29-30-35-38-42-46-51-56-61-66-80(85)93-72-78(99-82(87)68-63-58-53-48-44-40-36-32-31-33-37-41-45-50-54-59-64-75(4)5)74-97-101(90,91)95-70-76(83)69-94-100(88,89)96-73-77(71-92-79(84)65-60-55-49-17-14-11-8-3)98-81(86)67-62-57-52-47-43-39-34-27-25-23-21-19-16-13-10-7-2/h75-78,83H,6-74H2,1-5H3,(H,88,89)(H,90,91)/t76-,77+,78+/m0/s1. The van der Waals surface area contributed by atoms with E-state index in [0.29, 0.717) is 25.7 Å². The molecule has 0 fully saturated rings. The van der Waals surface area contributed by atoms with Gasteiger partial charge in [0.05, 0.1) is 26.4 Å². The highest BCUT2D eigenvalue weighted by Crippen LogP contribution is 2.45. The Hall–Kier alpha value is -1.94. The van der Waals surface area contributed by atoms with E-state index in [9.17, 15) is 43.2 Å². The summed E-state index contributed by atoms with van der Waals surface area (Å²) in [5, 5.41) is 10.6. The minimum atomic E-state index is -4.96. The van der Waals surface area contributed by atoms with Crippen LogP contribution in [-0.4, -0.2) is 96.7 Å². The van der Waals surface area contributed by atoms with Crippen LogP contribution in [0.5, 0.6) is 0 Å². The van der Waals surface area contributed by atoms with Crippen LogP contribution in [0.2, 0.25) is 0 Å². The molecule has 19 heteroatoms. The Morgan fingerprint density at radius 2 is 0.455 bits per heavy atom. The number of ether oxygens (including phenoxy) is 4. The van der Waals surface area contributed by atoms with Gasteiger partial charge in [0.2, 0.25) is 0 Å². The van der Waals surface area contributed by atoms with Crippen LogP contribution in [0.25, 0.3) is 0 Å². The lowest BCUT2D eigenvalue weighted by Crippen LogP contribution is -2.30. The van der Waals surface area contributed by atoms with E-state index in [0.717, 1.165) is 109 Å². The van der Waals surface area contributed by atoms with Gasteiger partial charge in [-0.15, -0.1) is 0 Å². The van der Waals surface area contributed by atoms with Gasteiger partial charge in [-0.3, -0.25) is 37.3 Å². The first-order valence-corrected chi connectivity index (χ1v) is 45.6. The summed E-state index contributed by atoms with van der Waals surface area (Å²) in [6.07, 6.45) is 66.8. The molecule has 0 aromatic carbocycles. The van der Waals surface area contributed by atoms with Gasteiger partial charge < -0.3 is 33.8 Å². The number of phosphoric ester groups is 2. The van der Waals surface area contributed by atoms with E-state index >= 15 is 0 Å². The summed E-state index contributed by atoms with van der Waals surface area (Å²) in [7, 11) is -9.91. The number of carbonyl (C=O) groups is 4. The van der Waals surface area contributed by atoms with Crippen molar-refractivity contribution in [3.05, 3.63) is 0 Å². The van der Waals surface area contributed by atoms with Crippen LogP contribution in [0.3, 0.4) is 0 Å². The summed E-state index contributed by atoms with van der Waals surface area (Å²) in [5.41, 5.74) is 0. The lowest BCUT2D eigenvalue weighted by molar-refractivity contribution is -0.161. The molecule has 0 heterocycles. The van der Waals surface area contributed by atoms with Crippen molar-refractivity contribution >= 4 is 39.5 Å². The van der Waals surface area contributed by atoms with Crippen molar-refractivity contribution in [1.29, 1.82) is 0 Å². The van der Waals surface area contributed by atoms with E-state index in [1.54, 1.807) is 0 Å². The number of carbonyl (C=O) groups excluding carboxylic acids is 4. The molecule has 5 atom stereocenters. The van der Waals surface area contributed by atoms with Crippen LogP contribution in [0.15, 0.2) is 0 Å². The number of rotatable bonds is 82. The zero-order valence-corrected chi connectivity index (χ0v) is 67.8. The Morgan fingerprint density at radius 1 is 0.267 bits per heavy atom. The molecule has 2 unspecified atom stereocenters. The third-order valence-corrected chi connectivity index (χ3v) is 21.2. The zero-order valence-electron chi connectivity index (χ0n) is 66.1. The van der Waals surface area contributed by atoms with E-state index in [1.165, 1.54) is 250 Å². The predicted octanol–water partition coefficient (Wildman–Crippen LogP) is 24.8. The molecule has 0 radical (unpaired) electrons. The first kappa shape index (κ1) is 99.1. The summed E-state index contributed by atoms with van der Waals surface area (Å²) in [6, 6.07) is 0. The molecule has 0 aromatic rings. The Bertz CT molecular complexity index is 1930. The van der Waals surface area contributed by atoms with Crippen LogP contribution < -0.4 is 0 Å². The fourth-order valence-corrected chi connectivity index (χ4v) is 14.3. The van der Waals surface area contributed by atoms with Gasteiger partial charge in [-0.1, -0.05) is 388 Å². The molecule has 0 bridgehead atoms. The second kappa shape index (κ2) is 74.9. The van der Waals surface area contributed by atoms with Crippen molar-refractivity contribution in [2.45, 2.75) is 457 Å². The van der Waals surface area contributed by atoms with Gasteiger partial charge in [0.25, 0.3) is 0 Å². The molecule has 17 nitrogen and oxygen atoms in total. The van der Waals surface area contributed by atoms with Crippen LogP contribution in [0.1, 0.15) is 439 Å². The quantitative estimate of drug-likeness (QED) is 0.0222. The second-order valence-corrected chi connectivity index (χ2v) is 32.9. The monoisotopic (exact) mass is 1480 g/mol. The van der Waals surface area contributed by atoms with Crippen molar-refractivity contribution in [2.75, 3.05) is 39.6 Å². The molecule has 0 spiro atoms. The van der Waals surface area contributed by atoms with Gasteiger partial charge in [0.1, 0.15) is 19.3 Å².